The summed E-state index contributed by atoms with van der Waals surface area (Å²) in [5.74, 6) is 2.10. The van der Waals surface area contributed by atoms with Crippen molar-refractivity contribution >= 4 is 39.0 Å². The molecule has 0 spiro atoms. The molecule has 0 radical (unpaired) electrons. The van der Waals surface area contributed by atoms with Gasteiger partial charge in [0.25, 0.3) is 0 Å². The predicted molar refractivity (Wildman–Crippen MR) is 147 cm³/mol. The molecule has 8 heteroatoms. The third kappa shape index (κ3) is 3.85. The number of nitrogen functional groups attached to an aromatic ring is 1. The number of hydrogen-bond donors (Lipinski definition) is 2. The predicted octanol–water partition coefficient (Wildman–Crippen LogP) is 5.36. The first-order chi connectivity index (χ1) is 18.0. The summed E-state index contributed by atoms with van der Waals surface area (Å²) in [7, 11) is 0. The van der Waals surface area contributed by atoms with E-state index >= 15 is 0 Å². The van der Waals surface area contributed by atoms with Crippen LogP contribution in [-0.4, -0.2) is 29.1 Å². The normalized spacial score (nSPS) is 13.7. The summed E-state index contributed by atoms with van der Waals surface area (Å²) in [5, 5.41) is 11.3. The summed E-state index contributed by atoms with van der Waals surface area (Å²) in [6.45, 7) is 5.52. The molecule has 6 aromatic rings. The van der Waals surface area contributed by atoms with E-state index in [1.54, 1.807) is 6.20 Å². The quantitative estimate of drug-likeness (QED) is 0.327. The highest BCUT2D eigenvalue weighted by atomic mass is 15.3. The Kier molecular flexibility index (Phi) is 4.89. The smallest absolute Gasteiger partial charge is 0.137 e. The van der Waals surface area contributed by atoms with Crippen LogP contribution in [0.1, 0.15) is 46.7 Å². The van der Waals surface area contributed by atoms with Gasteiger partial charge in [0, 0.05) is 48.2 Å². The minimum atomic E-state index is 0.567. The first-order valence-corrected chi connectivity index (χ1v) is 12.7. The monoisotopic (exact) mass is 488 g/mol. The third-order valence-electron chi connectivity index (χ3n) is 7.57. The van der Waals surface area contributed by atoms with Crippen LogP contribution < -0.4 is 11.1 Å². The zero-order valence-electron chi connectivity index (χ0n) is 20.9. The molecule has 7 rings (SSSR count). The number of nitrogens with one attached hydrogen (secondary N) is 1. The lowest BCUT2D eigenvalue weighted by Crippen LogP contribution is -2.07. The number of nitrogens with two attached hydrogens (primary N) is 1. The van der Waals surface area contributed by atoms with Crippen molar-refractivity contribution in [2.45, 2.75) is 45.7 Å². The van der Waals surface area contributed by atoms with Gasteiger partial charge in [0.05, 0.1) is 24.0 Å². The molecule has 0 bridgehead atoms. The Morgan fingerprint density at radius 2 is 1.92 bits per heavy atom. The van der Waals surface area contributed by atoms with Crippen LogP contribution in [0.5, 0.6) is 0 Å². The molecule has 0 unspecified atom stereocenters. The lowest BCUT2D eigenvalue weighted by atomic mass is 9.96. The van der Waals surface area contributed by atoms with Gasteiger partial charge in [-0.05, 0) is 78.4 Å². The van der Waals surface area contributed by atoms with Gasteiger partial charge in [-0.2, -0.15) is 5.10 Å². The second-order valence-corrected chi connectivity index (χ2v) is 10.1. The van der Waals surface area contributed by atoms with E-state index in [-0.39, 0.29) is 0 Å². The SMILES string of the molecule is Cc1cc2c(N)nccc2c(C)c1CNc1cc2c(cn1)cnn2Cc1cn2cc(C3CC3)ccc2n1. The van der Waals surface area contributed by atoms with Crippen LogP contribution in [-0.2, 0) is 13.1 Å². The molecule has 0 amide bonds. The van der Waals surface area contributed by atoms with Crippen molar-refractivity contribution in [1.29, 1.82) is 0 Å². The van der Waals surface area contributed by atoms with Gasteiger partial charge >= 0.3 is 0 Å². The van der Waals surface area contributed by atoms with Crippen LogP contribution in [0.2, 0.25) is 0 Å². The second-order valence-electron chi connectivity index (χ2n) is 10.1. The number of imidazole rings is 1. The summed E-state index contributed by atoms with van der Waals surface area (Å²) in [6, 6.07) is 10.5. The summed E-state index contributed by atoms with van der Waals surface area (Å²) in [5.41, 5.74) is 14.1. The highest BCUT2D eigenvalue weighted by molar-refractivity contribution is 5.94. The van der Waals surface area contributed by atoms with Crippen molar-refractivity contribution < 1.29 is 0 Å². The van der Waals surface area contributed by atoms with E-state index in [4.69, 9.17) is 10.7 Å². The number of aryl methyl sites for hydroxylation is 2. The standard InChI is InChI=1S/C29H28N8/c1-17-9-24-23(7-8-31-29(24)30)18(2)25(17)13-33-27-10-26-21(11-32-27)12-34-37(26)16-22-15-36-14-20(19-3-4-19)5-6-28(36)35-22/h5-12,14-15,19H,3-4,13,16H2,1-2H3,(H2,30,31)(H,32,33). The average molecular weight is 489 g/mol. The molecule has 3 N–H and O–H groups in total. The first-order valence-electron chi connectivity index (χ1n) is 12.7. The molecule has 37 heavy (non-hydrogen) atoms. The summed E-state index contributed by atoms with van der Waals surface area (Å²) < 4.78 is 4.13. The van der Waals surface area contributed by atoms with Gasteiger partial charge in [-0.25, -0.2) is 15.0 Å². The summed E-state index contributed by atoms with van der Waals surface area (Å²) >= 11 is 0. The van der Waals surface area contributed by atoms with Gasteiger partial charge in [-0.3, -0.25) is 4.68 Å². The molecule has 1 aromatic carbocycles. The Balaban J connectivity index is 1.15. The molecule has 5 heterocycles. The maximum Gasteiger partial charge on any atom is 0.137 e. The van der Waals surface area contributed by atoms with E-state index in [9.17, 15) is 0 Å². The highest BCUT2D eigenvalue weighted by Crippen LogP contribution is 2.40. The number of hydrogen-bond acceptors (Lipinski definition) is 6. The molecule has 184 valence electrons. The zero-order chi connectivity index (χ0) is 25.1. The lowest BCUT2D eigenvalue weighted by Gasteiger charge is -2.15. The number of anilines is 2. The van der Waals surface area contributed by atoms with Crippen LogP contribution >= 0.6 is 0 Å². The molecule has 1 aliphatic rings. The van der Waals surface area contributed by atoms with E-state index in [2.05, 4.69) is 75.3 Å². The fourth-order valence-electron chi connectivity index (χ4n) is 5.33. The lowest BCUT2D eigenvalue weighted by molar-refractivity contribution is 0.700. The zero-order valence-corrected chi connectivity index (χ0v) is 20.9. The van der Waals surface area contributed by atoms with Crippen LogP contribution in [0.25, 0.3) is 27.3 Å². The summed E-state index contributed by atoms with van der Waals surface area (Å²) in [4.78, 5) is 13.7. The van der Waals surface area contributed by atoms with Crippen LogP contribution in [0.15, 0.2) is 61.3 Å². The Hall–Kier alpha value is -4.46. The minimum Gasteiger partial charge on any atom is -0.383 e. The topological polar surface area (TPSA) is 99.0 Å². The summed E-state index contributed by atoms with van der Waals surface area (Å²) in [6.07, 6.45) is 12.4. The molecule has 0 atom stereocenters. The number of aromatic nitrogens is 6. The molecule has 1 aliphatic carbocycles. The second kappa shape index (κ2) is 8.30. The average Bonchev–Trinajstić information content (AvgIpc) is 3.56. The molecule has 8 nitrogen and oxygen atoms in total. The Labute approximate surface area is 214 Å². The fourth-order valence-corrected chi connectivity index (χ4v) is 5.33. The van der Waals surface area contributed by atoms with Gasteiger partial charge in [-0.1, -0.05) is 6.07 Å². The maximum atomic E-state index is 6.11. The molecular formula is C29H28N8. The van der Waals surface area contributed by atoms with Crippen LogP contribution in [0.3, 0.4) is 0 Å². The molecule has 5 aromatic heterocycles. The van der Waals surface area contributed by atoms with Crippen molar-refractivity contribution in [1.82, 2.24) is 29.1 Å². The largest absolute Gasteiger partial charge is 0.383 e. The van der Waals surface area contributed by atoms with Gasteiger partial charge in [-0.15, -0.1) is 0 Å². The number of pyridine rings is 3. The van der Waals surface area contributed by atoms with E-state index in [1.807, 2.05) is 23.1 Å². The maximum absolute atomic E-state index is 6.11. The van der Waals surface area contributed by atoms with Crippen LogP contribution in [0, 0.1) is 13.8 Å². The minimum absolute atomic E-state index is 0.567. The number of rotatable bonds is 6. The van der Waals surface area contributed by atoms with E-state index in [0.29, 0.717) is 18.9 Å². The van der Waals surface area contributed by atoms with Gasteiger partial charge in [0.15, 0.2) is 0 Å². The number of fused-ring (bicyclic) bond motifs is 3. The van der Waals surface area contributed by atoms with Crippen molar-refractivity contribution in [3.8, 4) is 0 Å². The Bertz CT molecular complexity index is 1810. The molecule has 1 saturated carbocycles. The van der Waals surface area contributed by atoms with Crippen molar-refractivity contribution in [3.05, 3.63) is 89.3 Å². The van der Waals surface area contributed by atoms with Gasteiger partial charge in [0.2, 0.25) is 0 Å². The van der Waals surface area contributed by atoms with Crippen molar-refractivity contribution in [2.75, 3.05) is 11.1 Å². The first kappa shape index (κ1) is 21.8. The third-order valence-corrected chi connectivity index (χ3v) is 7.57. The van der Waals surface area contributed by atoms with Gasteiger partial charge in [0.1, 0.15) is 17.3 Å². The van der Waals surface area contributed by atoms with Gasteiger partial charge < -0.3 is 15.5 Å². The molecular weight excluding hydrogens is 460 g/mol. The van der Waals surface area contributed by atoms with E-state index < -0.39 is 0 Å². The number of nitrogens with zero attached hydrogens (tertiary/aromatic N) is 6. The highest BCUT2D eigenvalue weighted by Gasteiger charge is 2.23. The number of benzene rings is 1. The molecule has 0 aliphatic heterocycles. The van der Waals surface area contributed by atoms with E-state index in [0.717, 1.165) is 44.8 Å². The van der Waals surface area contributed by atoms with Crippen molar-refractivity contribution in [3.63, 3.8) is 0 Å². The Morgan fingerprint density at radius 3 is 2.78 bits per heavy atom. The van der Waals surface area contributed by atoms with Crippen LogP contribution in [0.4, 0.5) is 11.6 Å². The molecule has 0 saturated heterocycles. The molecule has 1 fully saturated rings. The van der Waals surface area contributed by atoms with E-state index in [1.165, 1.54) is 35.1 Å². The Morgan fingerprint density at radius 1 is 1.03 bits per heavy atom. The fraction of sp³-hybridized carbons (Fsp3) is 0.241. The van der Waals surface area contributed by atoms with Crippen molar-refractivity contribution in [2.24, 2.45) is 0 Å².